The number of hydrogen-bond acceptors (Lipinski definition) is 3. The van der Waals surface area contributed by atoms with Crippen LogP contribution in [0, 0.1) is 11.6 Å². The largest absolute Gasteiger partial charge is 0.480 e. The zero-order valence-corrected chi connectivity index (χ0v) is 10.9. The quantitative estimate of drug-likeness (QED) is 0.831. The van der Waals surface area contributed by atoms with E-state index in [-0.39, 0.29) is 0 Å². The molecule has 1 rings (SSSR count). The Kier molecular flexibility index (Phi) is 4.89. The van der Waals surface area contributed by atoms with Crippen LogP contribution in [0.4, 0.5) is 22.0 Å². The van der Waals surface area contributed by atoms with E-state index in [0.717, 1.165) is 6.07 Å². The van der Waals surface area contributed by atoms with Gasteiger partial charge in [0.25, 0.3) is 0 Å². The van der Waals surface area contributed by atoms with Gasteiger partial charge in [0.1, 0.15) is 24.7 Å². The summed E-state index contributed by atoms with van der Waals surface area (Å²) in [6.07, 6.45) is -5.08. The Balaban J connectivity index is 3.37. The fraction of sp³-hybridized carbons (Fsp3) is 0.300. The van der Waals surface area contributed by atoms with E-state index in [4.69, 9.17) is 5.11 Å². The highest BCUT2D eigenvalue weighted by Gasteiger charge is 2.40. The van der Waals surface area contributed by atoms with Gasteiger partial charge in [0, 0.05) is 0 Å². The second-order valence-electron chi connectivity index (χ2n) is 3.83. The van der Waals surface area contributed by atoms with E-state index in [0.29, 0.717) is 12.1 Å². The van der Waals surface area contributed by atoms with E-state index >= 15 is 0 Å². The van der Waals surface area contributed by atoms with E-state index in [1.165, 1.54) is 0 Å². The molecule has 0 bridgehead atoms. The van der Waals surface area contributed by atoms with Gasteiger partial charge in [0.05, 0.1) is 0 Å². The lowest BCUT2D eigenvalue weighted by Gasteiger charge is -2.22. The van der Waals surface area contributed by atoms with Crippen molar-refractivity contribution in [1.82, 2.24) is 4.31 Å². The molecule has 0 saturated carbocycles. The van der Waals surface area contributed by atoms with Crippen molar-refractivity contribution in [2.24, 2.45) is 0 Å². The van der Waals surface area contributed by atoms with Gasteiger partial charge in [-0.15, -0.1) is 0 Å². The Morgan fingerprint density at radius 3 is 2.05 bits per heavy atom. The number of nitrogens with zero attached hydrogens (tertiary/aromatic N) is 1. The van der Waals surface area contributed by atoms with Crippen LogP contribution < -0.4 is 0 Å². The molecule has 0 atom stereocenters. The molecule has 11 heteroatoms. The van der Waals surface area contributed by atoms with Gasteiger partial charge in [-0.05, 0) is 12.1 Å². The van der Waals surface area contributed by atoms with Crippen LogP contribution in [0.1, 0.15) is 0 Å². The maximum atomic E-state index is 13.4. The second kappa shape index (κ2) is 5.93. The van der Waals surface area contributed by atoms with Gasteiger partial charge in [-0.1, -0.05) is 6.07 Å². The van der Waals surface area contributed by atoms with Gasteiger partial charge < -0.3 is 5.11 Å². The maximum absolute atomic E-state index is 13.4. The Bertz CT molecular complexity index is 623. The lowest BCUT2D eigenvalue weighted by Crippen LogP contribution is -2.42. The average Bonchev–Trinajstić information content (AvgIpc) is 2.24. The smallest absolute Gasteiger partial charge is 0.402 e. The van der Waals surface area contributed by atoms with E-state index in [1.807, 2.05) is 0 Å². The molecule has 0 aliphatic carbocycles. The van der Waals surface area contributed by atoms with E-state index in [9.17, 15) is 35.2 Å². The van der Waals surface area contributed by atoms with Crippen molar-refractivity contribution in [3.8, 4) is 0 Å². The number of hydrogen-bond donors (Lipinski definition) is 1. The van der Waals surface area contributed by atoms with Crippen LogP contribution >= 0.6 is 0 Å². The normalized spacial score (nSPS) is 12.7. The molecule has 5 nitrogen and oxygen atoms in total. The summed E-state index contributed by atoms with van der Waals surface area (Å²) < 4.78 is 86.9. The predicted molar refractivity (Wildman–Crippen MR) is 58.8 cm³/mol. The summed E-state index contributed by atoms with van der Waals surface area (Å²) in [5.41, 5.74) is 0. The monoisotopic (exact) mass is 333 g/mol. The van der Waals surface area contributed by atoms with Crippen LogP contribution in [0.15, 0.2) is 23.1 Å². The first-order valence-electron chi connectivity index (χ1n) is 5.18. The number of rotatable bonds is 5. The molecule has 0 unspecified atom stereocenters. The third-order valence-electron chi connectivity index (χ3n) is 2.18. The molecule has 0 fully saturated rings. The Labute approximate surface area is 115 Å². The van der Waals surface area contributed by atoms with Gasteiger partial charge in [-0.2, -0.15) is 17.5 Å². The molecule has 0 aromatic heterocycles. The second-order valence-corrected chi connectivity index (χ2v) is 5.71. The van der Waals surface area contributed by atoms with E-state index in [2.05, 4.69) is 0 Å². The third kappa shape index (κ3) is 4.36. The minimum Gasteiger partial charge on any atom is -0.480 e. The molecule has 1 aromatic carbocycles. The number of carboxylic acid groups (broad SMARTS) is 1. The predicted octanol–water partition coefficient (Wildman–Crippen LogP) is 1.60. The summed E-state index contributed by atoms with van der Waals surface area (Å²) in [6.45, 7) is -3.77. The van der Waals surface area contributed by atoms with Crippen LogP contribution in [0.25, 0.3) is 0 Å². The van der Waals surface area contributed by atoms with Crippen LogP contribution in [-0.2, 0) is 14.8 Å². The van der Waals surface area contributed by atoms with Crippen molar-refractivity contribution in [1.29, 1.82) is 0 Å². The van der Waals surface area contributed by atoms with Crippen molar-refractivity contribution >= 4 is 16.0 Å². The van der Waals surface area contributed by atoms with Crippen LogP contribution in [0.5, 0.6) is 0 Å². The zero-order valence-electron chi connectivity index (χ0n) is 10.1. The SMILES string of the molecule is O=C(O)CN(CC(F)(F)F)S(=O)(=O)c1c(F)cccc1F. The maximum Gasteiger partial charge on any atom is 0.402 e. The summed E-state index contributed by atoms with van der Waals surface area (Å²) in [5, 5.41) is 8.47. The van der Waals surface area contributed by atoms with Crippen molar-refractivity contribution < 1.29 is 40.3 Å². The Morgan fingerprint density at radius 2 is 1.67 bits per heavy atom. The van der Waals surface area contributed by atoms with Crippen molar-refractivity contribution in [2.45, 2.75) is 11.1 Å². The van der Waals surface area contributed by atoms with Gasteiger partial charge in [0.2, 0.25) is 10.0 Å². The summed E-state index contributed by atoms with van der Waals surface area (Å²) in [4.78, 5) is 8.85. The molecule has 118 valence electrons. The summed E-state index contributed by atoms with van der Waals surface area (Å²) >= 11 is 0. The molecule has 0 amide bonds. The molecular weight excluding hydrogens is 325 g/mol. The number of carbonyl (C=O) groups is 1. The first-order valence-corrected chi connectivity index (χ1v) is 6.62. The van der Waals surface area contributed by atoms with Gasteiger partial charge in [-0.25, -0.2) is 17.2 Å². The van der Waals surface area contributed by atoms with Gasteiger partial charge in [-0.3, -0.25) is 4.79 Å². The van der Waals surface area contributed by atoms with E-state index < -0.39 is 56.1 Å². The summed E-state index contributed by atoms with van der Waals surface area (Å²) in [5.74, 6) is -5.14. The number of sulfonamides is 1. The molecule has 1 aromatic rings. The van der Waals surface area contributed by atoms with Crippen molar-refractivity contribution in [3.05, 3.63) is 29.8 Å². The van der Waals surface area contributed by atoms with Crippen molar-refractivity contribution in [3.63, 3.8) is 0 Å². The summed E-state index contributed by atoms with van der Waals surface area (Å²) in [6, 6.07) is 1.87. The molecule has 0 aliphatic rings. The van der Waals surface area contributed by atoms with Crippen LogP contribution in [0.2, 0.25) is 0 Å². The number of alkyl halides is 3. The number of carboxylic acids is 1. The average molecular weight is 333 g/mol. The third-order valence-corrected chi connectivity index (χ3v) is 4.03. The highest BCUT2D eigenvalue weighted by atomic mass is 32.2. The highest BCUT2D eigenvalue weighted by Crippen LogP contribution is 2.26. The lowest BCUT2D eigenvalue weighted by atomic mass is 10.3. The molecule has 0 heterocycles. The number of benzene rings is 1. The molecule has 1 N–H and O–H groups in total. The van der Waals surface area contributed by atoms with E-state index in [1.54, 1.807) is 0 Å². The molecule has 0 radical (unpaired) electrons. The Morgan fingerprint density at radius 1 is 1.19 bits per heavy atom. The fourth-order valence-corrected chi connectivity index (χ4v) is 2.92. The molecular formula is C10H8F5NO4S. The highest BCUT2D eigenvalue weighted by molar-refractivity contribution is 7.89. The summed E-state index contributed by atoms with van der Waals surface area (Å²) in [7, 11) is -5.31. The minimum atomic E-state index is -5.31. The molecule has 0 aliphatic heterocycles. The topological polar surface area (TPSA) is 74.7 Å². The number of aliphatic carboxylic acids is 1. The number of halogens is 5. The molecule has 0 spiro atoms. The van der Waals surface area contributed by atoms with Crippen LogP contribution in [-0.4, -0.2) is 43.1 Å². The standard InChI is InChI=1S/C10H8F5NO4S/c11-6-2-1-3-7(12)9(6)21(19,20)16(4-8(17)18)5-10(13,14)15/h1-3H,4-5H2,(H,17,18). The zero-order chi connectivity index (χ0) is 16.4. The lowest BCUT2D eigenvalue weighted by molar-refractivity contribution is -0.146. The first kappa shape index (κ1) is 17.3. The fourth-order valence-electron chi connectivity index (χ4n) is 1.43. The Hall–Kier alpha value is -1.75. The minimum absolute atomic E-state index is 0.530. The first-order chi connectivity index (χ1) is 9.45. The molecule has 21 heavy (non-hydrogen) atoms. The van der Waals surface area contributed by atoms with Crippen molar-refractivity contribution in [2.75, 3.05) is 13.1 Å². The van der Waals surface area contributed by atoms with Gasteiger partial charge in [0.15, 0.2) is 4.90 Å². The molecule has 0 saturated heterocycles. The van der Waals surface area contributed by atoms with Gasteiger partial charge >= 0.3 is 12.1 Å². The van der Waals surface area contributed by atoms with Crippen LogP contribution in [0.3, 0.4) is 0 Å².